The molecule has 1 aromatic rings. The molecule has 0 aliphatic rings. The van der Waals surface area contributed by atoms with Crippen LogP contribution in [0.3, 0.4) is 0 Å². The number of ether oxygens (including phenoxy) is 1. The summed E-state index contributed by atoms with van der Waals surface area (Å²) < 4.78 is 5.97. The molecule has 5 heteroatoms. The van der Waals surface area contributed by atoms with Crippen LogP contribution in [0, 0.1) is 5.92 Å². The third kappa shape index (κ3) is 2.17. The van der Waals surface area contributed by atoms with E-state index in [2.05, 4.69) is 21.0 Å². The Kier molecular flexibility index (Phi) is 3.24. The average Bonchev–Trinajstić information content (AvgIpc) is 2.51. The molecule has 13 heavy (non-hydrogen) atoms. The zero-order valence-corrected chi connectivity index (χ0v) is 10.1. The number of methoxy groups -OCH3 is 1. The van der Waals surface area contributed by atoms with Gasteiger partial charge in [0.25, 0.3) is 0 Å². The highest BCUT2D eigenvalue weighted by Gasteiger charge is 2.30. The molecule has 1 atom stereocenters. The molecular formula is C8H12BrClN2O. The molecular weight excluding hydrogens is 255 g/mol. The van der Waals surface area contributed by atoms with Crippen LogP contribution in [0.25, 0.3) is 0 Å². The first-order valence-corrected chi connectivity index (χ1v) is 5.12. The Morgan fingerprint density at radius 3 is 2.69 bits per heavy atom. The maximum atomic E-state index is 6.23. The number of alkyl halides is 2. The SMILES string of the molecule is COc1cnn(C(Cl)(Br)C(C)C)c1. The van der Waals surface area contributed by atoms with Gasteiger partial charge in [0, 0.05) is 5.92 Å². The van der Waals surface area contributed by atoms with Crippen LogP contribution in [-0.2, 0) is 3.91 Å². The monoisotopic (exact) mass is 266 g/mol. The largest absolute Gasteiger partial charge is 0.493 e. The quantitative estimate of drug-likeness (QED) is 0.788. The first kappa shape index (κ1) is 10.9. The zero-order chi connectivity index (χ0) is 10.1. The Morgan fingerprint density at radius 1 is 1.69 bits per heavy atom. The molecule has 0 amide bonds. The molecule has 0 N–H and O–H groups in total. The minimum Gasteiger partial charge on any atom is -0.493 e. The van der Waals surface area contributed by atoms with E-state index in [4.69, 9.17) is 16.3 Å². The molecule has 3 nitrogen and oxygen atoms in total. The molecule has 74 valence electrons. The van der Waals surface area contributed by atoms with Crippen LogP contribution < -0.4 is 4.74 Å². The van der Waals surface area contributed by atoms with E-state index in [0.717, 1.165) is 0 Å². The van der Waals surface area contributed by atoms with E-state index < -0.39 is 3.91 Å². The predicted octanol–water partition coefficient (Wildman–Crippen LogP) is 2.79. The molecule has 0 saturated heterocycles. The summed E-state index contributed by atoms with van der Waals surface area (Å²) in [6.07, 6.45) is 3.38. The Bertz CT molecular complexity index is 285. The van der Waals surface area contributed by atoms with Crippen molar-refractivity contribution < 1.29 is 4.74 Å². The molecule has 1 unspecified atom stereocenters. The van der Waals surface area contributed by atoms with Gasteiger partial charge in [0.05, 0.1) is 19.5 Å². The molecule has 0 spiro atoms. The lowest BCUT2D eigenvalue weighted by Crippen LogP contribution is -2.26. The fraction of sp³-hybridized carbons (Fsp3) is 0.625. The summed E-state index contributed by atoms with van der Waals surface area (Å²) in [5.74, 6) is 0.920. The Labute approximate surface area is 91.1 Å². The van der Waals surface area contributed by atoms with Crippen molar-refractivity contribution in [3.8, 4) is 5.75 Å². The molecule has 0 aliphatic carbocycles. The number of halogens is 2. The van der Waals surface area contributed by atoms with Crippen molar-refractivity contribution in [3.63, 3.8) is 0 Å². The summed E-state index contributed by atoms with van der Waals surface area (Å²) in [6, 6.07) is 0. The van der Waals surface area contributed by atoms with Gasteiger partial charge in [-0.1, -0.05) is 25.4 Å². The molecule has 0 radical (unpaired) electrons. The van der Waals surface area contributed by atoms with E-state index >= 15 is 0 Å². The van der Waals surface area contributed by atoms with E-state index in [0.29, 0.717) is 5.75 Å². The predicted molar refractivity (Wildman–Crippen MR) is 56.4 cm³/mol. The van der Waals surface area contributed by atoms with Crippen molar-refractivity contribution >= 4 is 27.5 Å². The maximum absolute atomic E-state index is 6.23. The second kappa shape index (κ2) is 3.88. The summed E-state index contributed by atoms with van der Waals surface area (Å²) >= 11 is 9.64. The Hall–Kier alpha value is -0.220. The molecule has 0 fully saturated rings. The maximum Gasteiger partial charge on any atom is 0.192 e. The van der Waals surface area contributed by atoms with Crippen molar-refractivity contribution in [3.05, 3.63) is 12.4 Å². The number of aromatic nitrogens is 2. The van der Waals surface area contributed by atoms with Gasteiger partial charge in [0.15, 0.2) is 9.66 Å². The number of rotatable bonds is 3. The fourth-order valence-electron chi connectivity index (χ4n) is 0.839. The third-order valence-corrected chi connectivity index (χ3v) is 3.68. The topological polar surface area (TPSA) is 27.1 Å². The number of hydrogen-bond donors (Lipinski definition) is 0. The van der Waals surface area contributed by atoms with Gasteiger partial charge >= 0.3 is 0 Å². The van der Waals surface area contributed by atoms with Gasteiger partial charge in [-0.3, -0.25) is 0 Å². The van der Waals surface area contributed by atoms with Crippen LogP contribution >= 0.6 is 27.5 Å². The van der Waals surface area contributed by atoms with Crippen LogP contribution in [-0.4, -0.2) is 16.9 Å². The Balaban J connectivity index is 2.93. The van der Waals surface area contributed by atoms with E-state index in [9.17, 15) is 0 Å². The van der Waals surface area contributed by atoms with E-state index in [1.54, 1.807) is 24.2 Å². The highest BCUT2D eigenvalue weighted by molar-refractivity contribution is 9.10. The summed E-state index contributed by atoms with van der Waals surface area (Å²) in [7, 11) is 1.60. The highest BCUT2D eigenvalue weighted by Crippen LogP contribution is 2.37. The highest BCUT2D eigenvalue weighted by atomic mass is 79.9. The number of nitrogens with zero attached hydrogens (tertiary/aromatic N) is 2. The van der Waals surface area contributed by atoms with Gasteiger partial charge in [-0.2, -0.15) is 5.10 Å². The molecule has 1 aromatic heterocycles. The summed E-state index contributed by atoms with van der Waals surface area (Å²) in [5.41, 5.74) is 0. The molecule has 0 aromatic carbocycles. The zero-order valence-electron chi connectivity index (χ0n) is 7.79. The van der Waals surface area contributed by atoms with Crippen LogP contribution in [0.2, 0.25) is 0 Å². The molecule has 0 saturated carbocycles. The van der Waals surface area contributed by atoms with Gasteiger partial charge in [-0.25, -0.2) is 4.68 Å². The molecule has 1 heterocycles. The summed E-state index contributed by atoms with van der Waals surface area (Å²) in [4.78, 5) is 0. The van der Waals surface area contributed by atoms with Crippen LogP contribution in [0.5, 0.6) is 5.75 Å². The first-order chi connectivity index (χ1) is 5.98. The van der Waals surface area contributed by atoms with Gasteiger partial charge in [0.2, 0.25) is 0 Å². The normalized spacial score (nSPS) is 15.8. The summed E-state index contributed by atoms with van der Waals surface area (Å²) in [5, 5.41) is 4.09. The van der Waals surface area contributed by atoms with Gasteiger partial charge < -0.3 is 4.74 Å². The van der Waals surface area contributed by atoms with E-state index in [-0.39, 0.29) is 5.92 Å². The second-order valence-electron chi connectivity index (χ2n) is 3.07. The minimum atomic E-state index is -0.677. The minimum absolute atomic E-state index is 0.221. The third-order valence-electron chi connectivity index (χ3n) is 1.79. The van der Waals surface area contributed by atoms with Crippen molar-refractivity contribution in [1.82, 2.24) is 9.78 Å². The van der Waals surface area contributed by atoms with Crippen molar-refractivity contribution in [2.24, 2.45) is 5.92 Å². The number of hydrogen-bond acceptors (Lipinski definition) is 2. The van der Waals surface area contributed by atoms with Crippen LogP contribution in [0.15, 0.2) is 12.4 Å². The lowest BCUT2D eigenvalue weighted by Gasteiger charge is -2.24. The average molecular weight is 268 g/mol. The molecule has 0 aliphatic heterocycles. The van der Waals surface area contributed by atoms with Crippen molar-refractivity contribution in [2.75, 3.05) is 7.11 Å². The molecule has 0 bridgehead atoms. The van der Waals surface area contributed by atoms with Crippen LogP contribution in [0.1, 0.15) is 13.8 Å². The Morgan fingerprint density at radius 2 is 2.31 bits per heavy atom. The van der Waals surface area contributed by atoms with E-state index in [1.807, 2.05) is 13.8 Å². The van der Waals surface area contributed by atoms with Gasteiger partial charge in [-0.15, -0.1) is 0 Å². The van der Waals surface area contributed by atoms with Crippen molar-refractivity contribution in [2.45, 2.75) is 17.8 Å². The van der Waals surface area contributed by atoms with Crippen LogP contribution in [0.4, 0.5) is 0 Å². The smallest absolute Gasteiger partial charge is 0.192 e. The second-order valence-corrected chi connectivity index (χ2v) is 5.31. The van der Waals surface area contributed by atoms with E-state index in [1.165, 1.54) is 0 Å². The lowest BCUT2D eigenvalue weighted by atomic mass is 10.2. The van der Waals surface area contributed by atoms with Gasteiger partial charge in [0.1, 0.15) is 0 Å². The standard InChI is InChI=1S/C8H12BrClN2O/c1-6(2)8(9,10)12-5-7(13-3)4-11-12/h4-6H,1-3H3. The molecule has 1 rings (SSSR count). The fourth-order valence-corrected chi connectivity index (χ4v) is 1.13. The first-order valence-electron chi connectivity index (χ1n) is 3.95. The van der Waals surface area contributed by atoms with Gasteiger partial charge in [-0.05, 0) is 15.9 Å². The summed E-state index contributed by atoms with van der Waals surface area (Å²) in [6.45, 7) is 4.02. The van der Waals surface area contributed by atoms with Crippen molar-refractivity contribution in [1.29, 1.82) is 0 Å². The lowest BCUT2D eigenvalue weighted by molar-refractivity contribution is 0.404.